The van der Waals surface area contributed by atoms with Crippen molar-refractivity contribution >= 4 is 0 Å². The van der Waals surface area contributed by atoms with Gasteiger partial charge in [-0.15, -0.1) is 0 Å². The van der Waals surface area contributed by atoms with Gasteiger partial charge < -0.3 is 9.80 Å². The molecule has 0 unspecified atom stereocenters. The summed E-state index contributed by atoms with van der Waals surface area (Å²) in [6.45, 7) is 9.83. The second kappa shape index (κ2) is 8.54. The molecule has 0 saturated carbocycles. The maximum absolute atomic E-state index is 2.33. The van der Waals surface area contributed by atoms with Gasteiger partial charge in [-0.2, -0.15) is 0 Å². The van der Waals surface area contributed by atoms with E-state index >= 15 is 0 Å². The van der Waals surface area contributed by atoms with Gasteiger partial charge >= 0.3 is 0 Å². The summed E-state index contributed by atoms with van der Waals surface area (Å²) in [4.78, 5) is 4.62. The zero-order valence-electron chi connectivity index (χ0n) is 11.0. The number of allylic oxidation sites excluding steroid dienone is 4. The fourth-order valence-corrected chi connectivity index (χ4v) is 1.13. The van der Waals surface area contributed by atoms with Gasteiger partial charge in [0, 0.05) is 25.8 Å². The summed E-state index contributed by atoms with van der Waals surface area (Å²) >= 11 is 0. The van der Waals surface area contributed by atoms with Crippen LogP contribution in [0.4, 0.5) is 0 Å². The molecule has 0 aliphatic heterocycles. The lowest BCUT2D eigenvalue weighted by Crippen LogP contribution is -2.29. The minimum absolute atomic E-state index is 1.09. The van der Waals surface area contributed by atoms with Crippen LogP contribution in [0.1, 0.15) is 27.2 Å². The highest BCUT2D eigenvalue weighted by Gasteiger charge is 1.99. The van der Waals surface area contributed by atoms with E-state index in [4.69, 9.17) is 0 Å². The molecule has 0 atom stereocenters. The lowest BCUT2D eigenvalue weighted by atomic mass is 10.3. The van der Waals surface area contributed by atoms with Crippen molar-refractivity contribution in [2.24, 2.45) is 0 Å². The minimum atomic E-state index is 1.09. The predicted molar refractivity (Wildman–Crippen MR) is 69.0 cm³/mol. The quantitative estimate of drug-likeness (QED) is 0.596. The van der Waals surface area contributed by atoms with Crippen molar-refractivity contribution in [1.82, 2.24) is 9.80 Å². The molecule has 0 bridgehead atoms. The molecule has 0 aromatic carbocycles. The molecular formula is C13H26N2. The van der Waals surface area contributed by atoms with E-state index in [9.17, 15) is 0 Å². The van der Waals surface area contributed by atoms with E-state index in [0.29, 0.717) is 0 Å². The normalized spacial score (nSPS) is 12.8. The van der Waals surface area contributed by atoms with E-state index in [2.05, 4.69) is 62.9 Å². The molecule has 0 aromatic rings. The molecule has 0 heterocycles. The third-order valence-electron chi connectivity index (χ3n) is 2.67. The summed E-state index contributed by atoms with van der Waals surface area (Å²) in [6.07, 6.45) is 7.59. The highest BCUT2D eigenvalue weighted by molar-refractivity contribution is 5.09. The van der Waals surface area contributed by atoms with Crippen molar-refractivity contribution in [1.29, 1.82) is 0 Å². The van der Waals surface area contributed by atoms with Gasteiger partial charge in [0.25, 0.3) is 0 Å². The van der Waals surface area contributed by atoms with E-state index in [1.807, 2.05) is 0 Å². The van der Waals surface area contributed by atoms with Crippen molar-refractivity contribution < 1.29 is 0 Å². The molecule has 0 amide bonds. The summed E-state index contributed by atoms with van der Waals surface area (Å²) in [5, 5.41) is 0. The van der Waals surface area contributed by atoms with Gasteiger partial charge in [-0.25, -0.2) is 0 Å². The van der Waals surface area contributed by atoms with Crippen LogP contribution in [0.5, 0.6) is 0 Å². The SMILES string of the molecule is CC/C=C\C=C(/C)N(C)CCN(C)CC. The maximum atomic E-state index is 2.33. The van der Waals surface area contributed by atoms with Gasteiger partial charge in [0.15, 0.2) is 0 Å². The van der Waals surface area contributed by atoms with Crippen LogP contribution < -0.4 is 0 Å². The first-order valence-electron chi connectivity index (χ1n) is 5.84. The molecule has 88 valence electrons. The Kier molecular flexibility index (Phi) is 8.11. The third-order valence-corrected chi connectivity index (χ3v) is 2.67. The van der Waals surface area contributed by atoms with Crippen LogP contribution in [-0.2, 0) is 0 Å². The Labute approximate surface area is 95.3 Å². The van der Waals surface area contributed by atoms with Gasteiger partial charge in [0.2, 0.25) is 0 Å². The standard InChI is InChI=1S/C13H26N2/c1-6-8-9-10-13(3)15(5)12-11-14(4)7-2/h8-10H,6-7,11-12H2,1-5H3/b9-8-,13-10+. The second-order valence-electron chi connectivity index (χ2n) is 3.96. The van der Waals surface area contributed by atoms with Crippen LogP contribution in [0.15, 0.2) is 23.9 Å². The fraction of sp³-hybridized carbons (Fsp3) is 0.692. The molecule has 0 aliphatic rings. The van der Waals surface area contributed by atoms with Crippen LogP contribution in [0.2, 0.25) is 0 Å². The highest BCUT2D eigenvalue weighted by Crippen LogP contribution is 2.00. The Morgan fingerprint density at radius 3 is 2.33 bits per heavy atom. The summed E-state index contributed by atoms with van der Waals surface area (Å²) in [5.41, 5.74) is 1.32. The van der Waals surface area contributed by atoms with Crippen LogP contribution in [0, 0.1) is 0 Å². The fourth-order valence-electron chi connectivity index (χ4n) is 1.13. The Balaban J connectivity index is 3.92. The molecule has 0 spiro atoms. The molecule has 0 rings (SSSR count). The van der Waals surface area contributed by atoms with E-state index in [0.717, 1.165) is 26.1 Å². The Morgan fingerprint density at radius 2 is 1.80 bits per heavy atom. The van der Waals surface area contributed by atoms with E-state index in [1.54, 1.807) is 0 Å². The summed E-state index contributed by atoms with van der Waals surface area (Å²) in [7, 11) is 4.30. The molecular weight excluding hydrogens is 184 g/mol. The van der Waals surface area contributed by atoms with Gasteiger partial charge in [0.1, 0.15) is 0 Å². The zero-order chi connectivity index (χ0) is 11.7. The van der Waals surface area contributed by atoms with Crippen LogP contribution >= 0.6 is 0 Å². The van der Waals surface area contributed by atoms with Crippen molar-refractivity contribution in [3.8, 4) is 0 Å². The van der Waals surface area contributed by atoms with Gasteiger partial charge in [-0.3, -0.25) is 0 Å². The summed E-state index contributed by atoms with van der Waals surface area (Å²) in [5.74, 6) is 0. The Morgan fingerprint density at radius 1 is 1.13 bits per heavy atom. The lowest BCUT2D eigenvalue weighted by Gasteiger charge is -2.23. The zero-order valence-corrected chi connectivity index (χ0v) is 11.0. The molecule has 2 nitrogen and oxygen atoms in total. The van der Waals surface area contributed by atoms with Crippen molar-refractivity contribution in [2.75, 3.05) is 33.7 Å². The number of rotatable bonds is 7. The minimum Gasteiger partial charge on any atom is -0.377 e. The first-order chi connectivity index (χ1) is 7.11. The molecule has 0 radical (unpaired) electrons. The average Bonchev–Trinajstić information content (AvgIpc) is 2.25. The van der Waals surface area contributed by atoms with E-state index < -0.39 is 0 Å². The summed E-state index contributed by atoms with van der Waals surface area (Å²) in [6, 6.07) is 0. The van der Waals surface area contributed by atoms with Crippen LogP contribution in [-0.4, -0.2) is 43.5 Å². The molecule has 0 N–H and O–H groups in total. The summed E-state index contributed by atoms with van der Waals surface area (Å²) < 4.78 is 0. The predicted octanol–water partition coefficient (Wildman–Crippen LogP) is 2.74. The third kappa shape index (κ3) is 7.20. The number of nitrogens with zero attached hydrogens (tertiary/aromatic N) is 2. The van der Waals surface area contributed by atoms with Crippen molar-refractivity contribution in [2.45, 2.75) is 27.2 Å². The first-order valence-corrected chi connectivity index (χ1v) is 5.84. The van der Waals surface area contributed by atoms with Crippen LogP contribution in [0.3, 0.4) is 0 Å². The van der Waals surface area contributed by atoms with Crippen LogP contribution in [0.25, 0.3) is 0 Å². The maximum Gasteiger partial charge on any atom is 0.0299 e. The smallest absolute Gasteiger partial charge is 0.0299 e. The Bertz CT molecular complexity index is 207. The second-order valence-corrected chi connectivity index (χ2v) is 3.96. The number of hydrogen-bond donors (Lipinski definition) is 0. The Hall–Kier alpha value is -0.760. The molecule has 0 aromatic heterocycles. The monoisotopic (exact) mass is 210 g/mol. The average molecular weight is 210 g/mol. The van der Waals surface area contributed by atoms with Gasteiger partial charge in [0.05, 0.1) is 0 Å². The molecule has 0 saturated heterocycles. The number of hydrogen-bond acceptors (Lipinski definition) is 2. The highest BCUT2D eigenvalue weighted by atomic mass is 15.2. The molecule has 0 fully saturated rings. The van der Waals surface area contributed by atoms with Crippen molar-refractivity contribution in [3.05, 3.63) is 23.9 Å². The van der Waals surface area contributed by atoms with E-state index in [1.165, 1.54) is 5.70 Å². The van der Waals surface area contributed by atoms with E-state index in [-0.39, 0.29) is 0 Å². The van der Waals surface area contributed by atoms with Gasteiger partial charge in [-0.05, 0) is 33.0 Å². The van der Waals surface area contributed by atoms with Gasteiger partial charge in [-0.1, -0.05) is 26.0 Å². The molecule has 15 heavy (non-hydrogen) atoms. The lowest BCUT2D eigenvalue weighted by molar-refractivity contribution is 0.297. The first kappa shape index (κ1) is 14.2. The number of likely N-dealkylation sites (N-methyl/N-ethyl adjacent to an activating group) is 2. The topological polar surface area (TPSA) is 6.48 Å². The molecule has 0 aliphatic carbocycles. The molecule has 2 heteroatoms. The van der Waals surface area contributed by atoms with Crippen molar-refractivity contribution in [3.63, 3.8) is 0 Å². The largest absolute Gasteiger partial charge is 0.377 e.